The predicted octanol–water partition coefficient (Wildman–Crippen LogP) is 6.29. The zero-order valence-electron chi connectivity index (χ0n) is 19.7. The van der Waals surface area contributed by atoms with Crippen LogP contribution in [-0.2, 0) is 6.18 Å². The molecule has 1 aliphatic rings. The number of nitrogens with zero attached hydrogens (tertiary/aromatic N) is 3. The van der Waals surface area contributed by atoms with Crippen molar-refractivity contribution in [1.29, 1.82) is 0 Å². The lowest BCUT2D eigenvalue weighted by Crippen LogP contribution is -2.26. The molecule has 0 radical (unpaired) electrons. The van der Waals surface area contributed by atoms with Gasteiger partial charge in [-0.2, -0.15) is 13.2 Å². The van der Waals surface area contributed by atoms with E-state index in [1.54, 1.807) is 12.3 Å². The molecule has 4 aromatic rings. The first kappa shape index (κ1) is 23.9. The van der Waals surface area contributed by atoms with Crippen molar-refractivity contribution in [1.82, 2.24) is 20.3 Å². The van der Waals surface area contributed by atoms with Crippen LogP contribution in [0.2, 0.25) is 0 Å². The molecule has 1 saturated heterocycles. The second-order valence-corrected chi connectivity index (χ2v) is 9.09. The topological polar surface area (TPSA) is 59.8 Å². The van der Waals surface area contributed by atoms with Gasteiger partial charge in [0.2, 0.25) is 0 Å². The van der Waals surface area contributed by atoms with Crippen LogP contribution in [0.1, 0.15) is 47.2 Å². The Hall–Kier alpha value is -3.78. The van der Waals surface area contributed by atoms with Crippen LogP contribution < -0.4 is 5.32 Å². The van der Waals surface area contributed by atoms with Gasteiger partial charge in [0.15, 0.2) is 5.78 Å². The first-order valence-corrected chi connectivity index (χ1v) is 11.9. The number of benzene rings is 3. The van der Waals surface area contributed by atoms with Crippen LogP contribution in [0.4, 0.5) is 13.2 Å². The van der Waals surface area contributed by atoms with Crippen molar-refractivity contribution >= 4 is 5.78 Å². The summed E-state index contributed by atoms with van der Waals surface area (Å²) in [5.74, 6) is 0.485. The van der Waals surface area contributed by atoms with E-state index in [1.807, 2.05) is 12.1 Å². The summed E-state index contributed by atoms with van der Waals surface area (Å²) in [6.45, 7) is 3.58. The lowest BCUT2D eigenvalue weighted by Gasteiger charge is -2.23. The van der Waals surface area contributed by atoms with Crippen LogP contribution in [0.25, 0.3) is 28.1 Å². The first-order valence-electron chi connectivity index (χ1n) is 11.9. The smallest absolute Gasteiger partial charge is 0.317 e. The van der Waals surface area contributed by atoms with Crippen LogP contribution in [0.5, 0.6) is 0 Å². The van der Waals surface area contributed by atoms with Crippen molar-refractivity contribution in [2.24, 2.45) is 0 Å². The minimum Gasteiger partial charge on any atom is -0.317 e. The molecule has 0 aliphatic carbocycles. The lowest BCUT2D eigenvalue weighted by molar-refractivity contribution is -0.137. The Bertz CT molecular complexity index is 1370. The average molecular weight is 491 g/mol. The second-order valence-electron chi connectivity index (χ2n) is 9.09. The standard InChI is InChI=1S/C28H25F3N4O/c1-18(36)22-14-23(20-4-2-19(3-5-20)21-10-12-32-13-11-21)16-24(15-22)27-17-35(34-33-27)26-8-6-25(7-9-26)28(29,30)31/h2-9,14-17,21,32H,10-13H2,1H3. The van der Waals surface area contributed by atoms with Crippen LogP contribution in [-0.4, -0.2) is 33.9 Å². The van der Waals surface area contributed by atoms with Crippen molar-refractivity contribution in [3.63, 3.8) is 0 Å². The van der Waals surface area contributed by atoms with Gasteiger partial charge >= 0.3 is 6.18 Å². The molecule has 5 rings (SSSR count). The van der Waals surface area contributed by atoms with E-state index in [4.69, 9.17) is 0 Å². The monoisotopic (exact) mass is 490 g/mol. The van der Waals surface area contributed by atoms with Crippen molar-refractivity contribution in [2.45, 2.75) is 31.9 Å². The number of halogens is 3. The second kappa shape index (κ2) is 9.70. The quantitative estimate of drug-likeness (QED) is 0.334. The van der Waals surface area contributed by atoms with Crippen LogP contribution in [0, 0.1) is 0 Å². The summed E-state index contributed by atoms with van der Waals surface area (Å²) in [5, 5.41) is 11.7. The van der Waals surface area contributed by atoms with E-state index >= 15 is 0 Å². The molecule has 1 fully saturated rings. The van der Waals surface area contributed by atoms with E-state index in [2.05, 4.69) is 39.9 Å². The lowest BCUT2D eigenvalue weighted by atomic mass is 9.89. The molecule has 0 spiro atoms. The molecule has 1 aromatic heterocycles. The Kier molecular flexibility index (Phi) is 6.45. The molecule has 5 nitrogen and oxygen atoms in total. The number of Topliss-reactive ketones (excluding diaryl/α,β-unsaturated/α-hetero) is 1. The van der Waals surface area contributed by atoms with Crippen molar-refractivity contribution in [3.05, 3.63) is 89.6 Å². The molecule has 0 amide bonds. The normalized spacial score (nSPS) is 14.7. The minimum atomic E-state index is -4.40. The van der Waals surface area contributed by atoms with Gasteiger partial charge in [0.1, 0.15) is 5.69 Å². The van der Waals surface area contributed by atoms with Gasteiger partial charge in [-0.25, -0.2) is 4.68 Å². The Labute approximate surface area is 207 Å². The molecule has 2 heterocycles. The molecule has 0 saturated carbocycles. The van der Waals surface area contributed by atoms with Gasteiger partial charge in [-0.05, 0) is 97.9 Å². The minimum absolute atomic E-state index is 0.0699. The summed E-state index contributed by atoms with van der Waals surface area (Å²) in [4.78, 5) is 12.3. The number of ketones is 1. The predicted molar refractivity (Wildman–Crippen MR) is 132 cm³/mol. The number of alkyl halides is 3. The maximum atomic E-state index is 12.9. The largest absolute Gasteiger partial charge is 0.416 e. The fourth-order valence-electron chi connectivity index (χ4n) is 4.57. The van der Waals surface area contributed by atoms with Crippen LogP contribution in [0.15, 0.2) is 72.9 Å². The van der Waals surface area contributed by atoms with Crippen LogP contribution >= 0.6 is 0 Å². The molecule has 0 atom stereocenters. The summed E-state index contributed by atoms with van der Waals surface area (Å²) in [6, 6.07) is 18.8. The zero-order valence-corrected chi connectivity index (χ0v) is 19.7. The molecule has 1 N–H and O–H groups in total. The highest BCUT2D eigenvalue weighted by atomic mass is 19.4. The third-order valence-electron chi connectivity index (χ3n) is 6.64. The fourth-order valence-corrected chi connectivity index (χ4v) is 4.57. The Morgan fingerprint density at radius 1 is 0.917 bits per heavy atom. The third-order valence-corrected chi connectivity index (χ3v) is 6.64. The number of piperidine rings is 1. The zero-order chi connectivity index (χ0) is 25.3. The average Bonchev–Trinajstić information content (AvgIpc) is 3.39. The molecule has 0 bridgehead atoms. The van der Waals surface area contributed by atoms with Gasteiger partial charge in [-0.15, -0.1) is 5.10 Å². The maximum Gasteiger partial charge on any atom is 0.416 e. The Morgan fingerprint density at radius 2 is 1.58 bits per heavy atom. The number of aromatic nitrogens is 3. The molecule has 8 heteroatoms. The van der Waals surface area contributed by atoms with Gasteiger partial charge in [0.25, 0.3) is 0 Å². The summed E-state index contributed by atoms with van der Waals surface area (Å²) in [5.41, 5.74) is 4.71. The summed E-state index contributed by atoms with van der Waals surface area (Å²) < 4.78 is 40.1. The van der Waals surface area contributed by atoms with E-state index in [1.165, 1.54) is 29.3 Å². The van der Waals surface area contributed by atoms with E-state index in [9.17, 15) is 18.0 Å². The Morgan fingerprint density at radius 3 is 2.22 bits per heavy atom. The highest BCUT2D eigenvalue weighted by Crippen LogP contribution is 2.32. The van der Waals surface area contributed by atoms with Crippen LogP contribution in [0.3, 0.4) is 0 Å². The van der Waals surface area contributed by atoms with Gasteiger partial charge in [0, 0.05) is 11.1 Å². The highest BCUT2D eigenvalue weighted by molar-refractivity contribution is 5.97. The molecule has 1 aliphatic heterocycles. The number of carbonyl (C=O) groups excluding carboxylic acids is 1. The number of nitrogens with one attached hydrogen (secondary N) is 1. The number of rotatable bonds is 5. The molecular weight excluding hydrogens is 465 g/mol. The Balaban J connectivity index is 1.45. The summed E-state index contributed by atoms with van der Waals surface area (Å²) in [7, 11) is 0. The SMILES string of the molecule is CC(=O)c1cc(-c2ccc(C3CCNCC3)cc2)cc(-c2cn(-c3ccc(C(F)(F)F)cc3)nn2)c1. The van der Waals surface area contributed by atoms with Crippen molar-refractivity contribution in [3.8, 4) is 28.1 Å². The van der Waals surface area contributed by atoms with E-state index in [0.29, 0.717) is 28.4 Å². The molecule has 3 aromatic carbocycles. The highest BCUT2D eigenvalue weighted by Gasteiger charge is 2.30. The maximum absolute atomic E-state index is 12.9. The van der Waals surface area contributed by atoms with E-state index in [0.717, 1.165) is 49.2 Å². The number of hydrogen-bond acceptors (Lipinski definition) is 4. The fraction of sp³-hybridized carbons (Fsp3) is 0.250. The summed E-state index contributed by atoms with van der Waals surface area (Å²) in [6.07, 6.45) is -0.511. The van der Waals surface area contributed by atoms with E-state index < -0.39 is 11.7 Å². The molecule has 184 valence electrons. The van der Waals surface area contributed by atoms with Gasteiger partial charge < -0.3 is 5.32 Å². The number of carbonyl (C=O) groups is 1. The van der Waals surface area contributed by atoms with Gasteiger partial charge in [0.05, 0.1) is 17.4 Å². The first-order chi connectivity index (χ1) is 17.3. The molecule has 0 unspecified atom stereocenters. The third kappa shape index (κ3) is 5.09. The molecular formula is C28H25F3N4O. The summed E-state index contributed by atoms with van der Waals surface area (Å²) >= 11 is 0. The molecule has 36 heavy (non-hydrogen) atoms. The van der Waals surface area contributed by atoms with E-state index in [-0.39, 0.29) is 5.78 Å². The van der Waals surface area contributed by atoms with Gasteiger partial charge in [-0.1, -0.05) is 29.5 Å². The van der Waals surface area contributed by atoms with Gasteiger partial charge in [-0.3, -0.25) is 4.79 Å². The van der Waals surface area contributed by atoms with Crippen molar-refractivity contribution < 1.29 is 18.0 Å². The van der Waals surface area contributed by atoms with Crippen molar-refractivity contribution in [2.75, 3.05) is 13.1 Å². The number of hydrogen-bond donors (Lipinski definition) is 1.